The van der Waals surface area contributed by atoms with Crippen molar-refractivity contribution >= 4 is 5.78 Å². The van der Waals surface area contributed by atoms with Crippen molar-refractivity contribution in [1.82, 2.24) is 4.90 Å². The number of Topliss-reactive ketones (excluding diaryl/α,β-unsaturated/α-hetero) is 1. The van der Waals surface area contributed by atoms with Crippen molar-refractivity contribution in [3.8, 4) is 0 Å². The van der Waals surface area contributed by atoms with Crippen LogP contribution in [-0.2, 0) is 5.54 Å². The minimum absolute atomic E-state index is 0.116. The fourth-order valence-electron chi connectivity index (χ4n) is 3.03. The summed E-state index contributed by atoms with van der Waals surface area (Å²) in [4.78, 5) is 14.3. The second kappa shape index (κ2) is 2.92. The molecule has 0 bridgehead atoms. The predicted molar refractivity (Wildman–Crippen MR) is 58.9 cm³/mol. The summed E-state index contributed by atoms with van der Waals surface area (Å²) < 4.78 is 0. The molecule has 0 aromatic heterocycles. The van der Waals surface area contributed by atoms with Gasteiger partial charge >= 0.3 is 0 Å². The molecule has 0 aliphatic carbocycles. The van der Waals surface area contributed by atoms with Crippen LogP contribution < -0.4 is 0 Å². The molecule has 0 spiro atoms. The number of rotatable bonds is 0. The zero-order chi connectivity index (χ0) is 10.5. The Morgan fingerprint density at radius 2 is 2.13 bits per heavy atom. The van der Waals surface area contributed by atoms with Crippen molar-refractivity contribution < 1.29 is 4.79 Å². The topological polar surface area (TPSA) is 20.3 Å². The third-order valence-corrected chi connectivity index (χ3v) is 3.93. The van der Waals surface area contributed by atoms with Gasteiger partial charge in [-0.25, -0.2) is 0 Å². The summed E-state index contributed by atoms with van der Waals surface area (Å²) in [5.41, 5.74) is 2.29. The second-order valence-electron chi connectivity index (χ2n) is 4.77. The Kier molecular flexibility index (Phi) is 1.77. The summed E-state index contributed by atoms with van der Waals surface area (Å²) in [6.45, 7) is 3.94. The third kappa shape index (κ3) is 1.11. The molecule has 15 heavy (non-hydrogen) atoms. The van der Waals surface area contributed by atoms with Crippen LogP contribution in [-0.4, -0.2) is 23.8 Å². The molecule has 1 fully saturated rings. The standard InChI is InChI=1S/C13H15NO/c1-13-7-4-8-14(13)9-12(15)10-5-2-3-6-11(10)13/h2-3,5-6H,4,7-9H2,1H3. The van der Waals surface area contributed by atoms with Gasteiger partial charge in [0.15, 0.2) is 5.78 Å². The summed E-state index contributed by atoms with van der Waals surface area (Å²) in [5.74, 6) is 0.282. The zero-order valence-corrected chi connectivity index (χ0v) is 8.99. The highest BCUT2D eigenvalue weighted by Crippen LogP contribution is 2.42. The molecule has 1 unspecified atom stereocenters. The van der Waals surface area contributed by atoms with E-state index >= 15 is 0 Å². The molecule has 3 rings (SSSR count). The molecule has 2 heterocycles. The summed E-state index contributed by atoms with van der Waals surface area (Å²) in [6, 6.07) is 8.09. The number of benzene rings is 1. The van der Waals surface area contributed by atoms with Gasteiger partial charge in [0.25, 0.3) is 0 Å². The van der Waals surface area contributed by atoms with Crippen molar-refractivity contribution in [2.75, 3.05) is 13.1 Å². The average molecular weight is 201 g/mol. The van der Waals surface area contributed by atoms with Gasteiger partial charge < -0.3 is 0 Å². The number of hydrogen-bond donors (Lipinski definition) is 0. The Balaban J connectivity index is 2.21. The molecule has 1 saturated heterocycles. The lowest BCUT2D eigenvalue weighted by atomic mass is 9.81. The fraction of sp³-hybridized carbons (Fsp3) is 0.462. The molecule has 2 aliphatic heterocycles. The first-order valence-corrected chi connectivity index (χ1v) is 5.59. The lowest BCUT2D eigenvalue weighted by Crippen LogP contribution is -2.46. The van der Waals surface area contributed by atoms with Gasteiger partial charge in [-0.1, -0.05) is 24.3 Å². The summed E-state index contributed by atoms with van der Waals surface area (Å²) in [6.07, 6.45) is 2.38. The first-order valence-electron chi connectivity index (χ1n) is 5.59. The number of carbonyl (C=O) groups excluding carboxylic acids is 1. The first-order chi connectivity index (χ1) is 7.22. The van der Waals surface area contributed by atoms with E-state index in [4.69, 9.17) is 0 Å². The molecule has 2 heteroatoms. The summed E-state index contributed by atoms with van der Waals surface area (Å²) in [5, 5.41) is 0. The molecule has 0 amide bonds. The predicted octanol–water partition coefficient (Wildman–Crippen LogP) is 2.19. The van der Waals surface area contributed by atoms with E-state index in [9.17, 15) is 4.79 Å². The van der Waals surface area contributed by atoms with Gasteiger partial charge in [-0.05, 0) is 31.9 Å². The van der Waals surface area contributed by atoms with Gasteiger partial charge in [0.05, 0.1) is 6.54 Å². The van der Waals surface area contributed by atoms with E-state index < -0.39 is 0 Å². The van der Waals surface area contributed by atoms with Crippen LogP contribution in [0, 0.1) is 0 Å². The molecular formula is C13H15NO. The summed E-state index contributed by atoms with van der Waals surface area (Å²) in [7, 11) is 0. The van der Waals surface area contributed by atoms with Crippen LogP contribution in [0.3, 0.4) is 0 Å². The van der Waals surface area contributed by atoms with Crippen molar-refractivity contribution in [1.29, 1.82) is 0 Å². The van der Waals surface area contributed by atoms with Crippen LogP contribution in [0.15, 0.2) is 24.3 Å². The molecule has 1 aromatic rings. The third-order valence-electron chi connectivity index (χ3n) is 3.93. The first kappa shape index (κ1) is 9.10. The number of nitrogens with zero attached hydrogens (tertiary/aromatic N) is 1. The molecule has 0 N–H and O–H groups in total. The van der Waals surface area contributed by atoms with Gasteiger partial charge in [-0.15, -0.1) is 0 Å². The van der Waals surface area contributed by atoms with Crippen molar-refractivity contribution in [3.05, 3.63) is 35.4 Å². The Morgan fingerprint density at radius 1 is 1.33 bits per heavy atom. The Hall–Kier alpha value is -1.15. The van der Waals surface area contributed by atoms with E-state index in [1.54, 1.807) is 0 Å². The van der Waals surface area contributed by atoms with Crippen LogP contribution in [0.25, 0.3) is 0 Å². The van der Waals surface area contributed by atoms with Crippen LogP contribution in [0.5, 0.6) is 0 Å². The molecule has 1 aromatic carbocycles. The maximum absolute atomic E-state index is 11.9. The average Bonchev–Trinajstić information content (AvgIpc) is 2.62. The van der Waals surface area contributed by atoms with E-state index in [0.29, 0.717) is 6.54 Å². The monoisotopic (exact) mass is 201 g/mol. The number of hydrogen-bond acceptors (Lipinski definition) is 2. The molecule has 0 saturated carbocycles. The number of fused-ring (bicyclic) bond motifs is 3. The minimum Gasteiger partial charge on any atom is -0.293 e. The molecule has 2 aliphatic rings. The van der Waals surface area contributed by atoms with E-state index in [1.165, 1.54) is 18.4 Å². The normalized spacial score (nSPS) is 30.1. The Bertz CT molecular complexity index is 426. The van der Waals surface area contributed by atoms with Gasteiger partial charge in [0, 0.05) is 11.1 Å². The van der Waals surface area contributed by atoms with E-state index in [0.717, 1.165) is 12.1 Å². The van der Waals surface area contributed by atoms with Crippen LogP contribution in [0.1, 0.15) is 35.7 Å². The highest BCUT2D eigenvalue weighted by atomic mass is 16.1. The SMILES string of the molecule is CC12CCCN1CC(=O)c1ccccc12. The molecule has 1 atom stereocenters. The van der Waals surface area contributed by atoms with Crippen LogP contribution in [0.4, 0.5) is 0 Å². The highest BCUT2D eigenvalue weighted by Gasteiger charge is 2.44. The quantitative estimate of drug-likeness (QED) is 0.641. The van der Waals surface area contributed by atoms with Crippen LogP contribution >= 0.6 is 0 Å². The van der Waals surface area contributed by atoms with E-state index in [2.05, 4.69) is 17.9 Å². The van der Waals surface area contributed by atoms with Gasteiger partial charge in [0.2, 0.25) is 0 Å². The van der Waals surface area contributed by atoms with Crippen LogP contribution in [0.2, 0.25) is 0 Å². The van der Waals surface area contributed by atoms with Crippen molar-refractivity contribution in [2.45, 2.75) is 25.3 Å². The Labute approximate surface area is 89.9 Å². The zero-order valence-electron chi connectivity index (χ0n) is 8.99. The highest BCUT2D eigenvalue weighted by molar-refractivity contribution is 6.00. The second-order valence-corrected chi connectivity index (χ2v) is 4.77. The van der Waals surface area contributed by atoms with E-state index in [1.807, 2.05) is 18.2 Å². The molecule has 2 nitrogen and oxygen atoms in total. The van der Waals surface area contributed by atoms with Crippen molar-refractivity contribution in [2.24, 2.45) is 0 Å². The largest absolute Gasteiger partial charge is 0.293 e. The van der Waals surface area contributed by atoms with E-state index in [-0.39, 0.29) is 11.3 Å². The number of ketones is 1. The van der Waals surface area contributed by atoms with Gasteiger partial charge in [-0.3, -0.25) is 9.69 Å². The maximum Gasteiger partial charge on any atom is 0.177 e. The van der Waals surface area contributed by atoms with Gasteiger partial charge in [0.1, 0.15) is 0 Å². The Morgan fingerprint density at radius 3 is 3.00 bits per heavy atom. The molecular weight excluding hydrogens is 186 g/mol. The smallest absolute Gasteiger partial charge is 0.177 e. The lowest BCUT2D eigenvalue weighted by Gasteiger charge is -2.40. The molecule has 78 valence electrons. The number of carbonyl (C=O) groups is 1. The lowest BCUT2D eigenvalue weighted by molar-refractivity contribution is 0.0787. The fourth-order valence-corrected chi connectivity index (χ4v) is 3.03. The van der Waals surface area contributed by atoms with Gasteiger partial charge in [-0.2, -0.15) is 0 Å². The van der Waals surface area contributed by atoms with Crippen molar-refractivity contribution in [3.63, 3.8) is 0 Å². The molecule has 0 radical (unpaired) electrons. The summed E-state index contributed by atoms with van der Waals surface area (Å²) >= 11 is 0. The minimum atomic E-state index is 0.116. The maximum atomic E-state index is 11.9.